The van der Waals surface area contributed by atoms with Crippen molar-refractivity contribution in [3.8, 4) is 0 Å². The number of rotatable bonds is 3. The number of carbonyl (C=O) groups is 1. The summed E-state index contributed by atoms with van der Waals surface area (Å²) in [6.45, 7) is 2.01. The molecule has 4 heterocycles. The van der Waals surface area contributed by atoms with Crippen molar-refractivity contribution < 1.29 is 4.79 Å². The number of anilines is 1. The van der Waals surface area contributed by atoms with Crippen LogP contribution in [0.5, 0.6) is 0 Å². The second-order valence-electron chi connectivity index (χ2n) is 5.46. The predicted octanol–water partition coefficient (Wildman–Crippen LogP) is 0.522. The number of nitrogens with zero attached hydrogens (tertiary/aromatic N) is 4. The maximum atomic E-state index is 12.5. The Morgan fingerprint density at radius 2 is 2.13 bits per heavy atom. The Morgan fingerprint density at radius 1 is 1.26 bits per heavy atom. The third-order valence-corrected chi connectivity index (χ3v) is 3.91. The van der Waals surface area contributed by atoms with Crippen LogP contribution in [0.25, 0.3) is 5.65 Å². The van der Waals surface area contributed by atoms with Crippen molar-refractivity contribution in [2.24, 2.45) is 0 Å². The van der Waals surface area contributed by atoms with Gasteiger partial charge in [0, 0.05) is 19.3 Å². The molecular formula is C15H17N7O. The van der Waals surface area contributed by atoms with Crippen LogP contribution in [0, 0.1) is 0 Å². The molecule has 3 N–H and O–H groups in total. The molecule has 2 aliphatic rings. The van der Waals surface area contributed by atoms with Crippen molar-refractivity contribution in [2.45, 2.75) is 12.8 Å². The lowest BCUT2D eigenvalue weighted by Crippen LogP contribution is -2.38. The van der Waals surface area contributed by atoms with Crippen LogP contribution in [0.2, 0.25) is 0 Å². The highest BCUT2D eigenvalue weighted by molar-refractivity contribution is 5.94. The molecule has 8 nitrogen and oxygen atoms in total. The van der Waals surface area contributed by atoms with E-state index in [1.54, 1.807) is 22.9 Å². The second-order valence-corrected chi connectivity index (χ2v) is 5.46. The Kier molecular flexibility index (Phi) is 3.34. The smallest absolute Gasteiger partial charge is 0.277 e. The number of fused-ring (bicyclic) bond motifs is 1. The largest absolute Gasteiger partial charge is 0.355 e. The highest BCUT2D eigenvalue weighted by Crippen LogP contribution is 2.18. The number of hydrazine groups is 1. The van der Waals surface area contributed by atoms with Gasteiger partial charge in [-0.3, -0.25) is 10.2 Å². The molecule has 0 atom stereocenters. The fourth-order valence-corrected chi connectivity index (χ4v) is 2.75. The van der Waals surface area contributed by atoms with Gasteiger partial charge in [-0.05, 0) is 37.1 Å². The van der Waals surface area contributed by atoms with Crippen molar-refractivity contribution in [3.63, 3.8) is 0 Å². The van der Waals surface area contributed by atoms with Gasteiger partial charge in [0.25, 0.3) is 5.91 Å². The van der Waals surface area contributed by atoms with E-state index in [1.165, 1.54) is 19.0 Å². The van der Waals surface area contributed by atoms with Gasteiger partial charge in [0.05, 0.1) is 6.20 Å². The zero-order chi connectivity index (χ0) is 15.6. The molecule has 0 spiro atoms. The molecule has 1 saturated heterocycles. The van der Waals surface area contributed by atoms with E-state index in [0.717, 1.165) is 18.9 Å². The molecule has 2 aromatic heterocycles. The zero-order valence-electron chi connectivity index (χ0n) is 12.5. The standard InChI is InChI=1S/C15H17N7O/c23-15(18-12-4-3-7-17-19-12)11-10-16-13-5-6-14(20-22(11)13)21-8-1-2-9-21/h3-7,10,17,19H,1-2,8-9H2,(H,18,23). The summed E-state index contributed by atoms with van der Waals surface area (Å²) < 4.78 is 1.59. The van der Waals surface area contributed by atoms with Crippen molar-refractivity contribution in [2.75, 3.05) is 18.0 Å². The number of nitrogens with one attached hydrogen (secondary N) is 3. The van der Waals surface area contributed by atoms with Crippen LogP contribution in [0.4, 0.5) is 5.82 Å². The average molecular weight is 311 g/mol. The van der Waals surface area contributed by atoms with Crippen LogP contribution in [-0.2, 0) is 0 Å². The minimum atomic E-state index is -0.264. The molecule has 0 bridgehead atoms. The van der Waals surface area contributed by atoms with Crippen LogP contribution in [0.15, 0.2) is 42.5 Å². The van der Waals surface area contributed by atoms with Crippen molar-refractivity contribution in [3.05, 3.63) is 48.2 Å². The number of hydrogen-bond donors (Lipinski definition) is 3. The van der Waals surface area contributed by atoms with Gasteiger partial charge in [0.15, 0.2) is 11.3 Å². The van der Waals surface area contributed by atoms with Gasteiger partial charge >= 0.3 is 0 Å². The summed E-state index contributed by atoms with van der Waals surface area (Å²) in [5.74, 6) is 1.18. The molecule has 0 unspecified atom stereocenters. The van der Waals surface area contributed by atoms with Crippen LogP contribution in [0.1, 0.15) is 23.3 Å². The van der Waals surface area contributed by atoms with Gasteiger partial charge in [-0.1, -0.05) is 0 Å². The molecule has 0 radical (unpaired) electrons. The molecule has 1 amide bonds. The summed E-state index contributed by atoms with van der Waals surface area (Å²) in [6, 6.07) is 3.84. The first kappa shape index (κ1) is 13.6. The third-order valence-electron chi connectivity index (χ3n) is 3.91. The number of allylic oxidation sites excluding steroid dienone is 2. The lowest BCUT2D eigenvalue weighted by molar-refractivity contribution is 0.0955. The lowest BCUT2D eigenvalue weighted by Gasteiger charge is -2.16. The molecule has 23 heavy (non-hydrogen) atoms. The van der Waals surface area contributed by atoms with E-state index in [-0.39, 0.29) is 5.91 Å². The monoisotopic (exact) mass is 311 g/mol. The van der Waals surface area contributed by atoms with Gasteiger partial charge in [-0.2, -0.15) is 0 Å². The first-order valence-corrected chi connectivity index (χ1v) is 7.61. The highest BCUT2D eigenvalue weighted by Gasteiger charge is 2.18. The Labute approximate surface area is 132 Å². The summed E-state index contributed by atoms with van der Waals surface area (Å²) >= 11 is 0. The average Bonchev–Trinajstić information content (AvgIpc) is 3.25. The van der Waals surface area contributed by atoms with Crippen molar-refractivity contribution in [1.29, 1.82) is 0 Å². The van der Waals surface area contributed by atoms with E-state index in [1.807, 2.05) is 12.1 Å². The molecule has 0 saturated carbocycles. The zero-order valence-corrected chi connectivity index (χ0v) is 12.5. The van der Waals surface area contributed by atoms with E-state index in [9.17, 15) is 4.79 Å². The van der Waals surface area contributed by atoms with E-state index in [2.05, 4.69) is 31.2 Å². The molecule has 8 heteroatoms. The Morgan fingerprint density at radius 3 is 2.91 bits per heavy atom. The molecule has 0 aliphatic carbocycles. The van der Waals surface area contributed by atoms with Crippen LogP contribution >= 0.6 is 0 Å². The van der Waals surface area contributed by atoms with Crippen LogP contribution in [-0.4, -0.2) is 33.6 Å². The number of carbonyl (C=O) groups excluding carboxylic acids is 1. The number of amides is 1. The van der Waals surface area contributed by atoms with Gasteiger partial charge in [0.1, 0.15) is 11.6 Å². The quantitative estimate of drug-likeness (QED) is 0.766. The van der Waals surface area contributed by atoms with Crippen LogP contribution < -0.4 is 21.1 Å². The van der Waals surface area contributed by atoms with E-state index >= 15 is 0 Å². The summed E-state index contributed by atoms with van der Waals surface area (Å²) in [5, 5.41) is 7.37. The fourth-order valence-electron chi connectivity index (χ4n) is 2.75. The fraction of sp³-hybridized carbons (Fsp3) is 0.267. The first-order valence-electron chi connectivity index (χ1n) is 7.61. The summed E-state index contributed by atoms with van der Waals surface area (Å²) in [6.07, 6.45) is 9.19. The van der Waals surface area contributed by atoms with E-state index in [4.69, 9.17) is 0 Å². The van der Waals surface area contributed by atoms with Gasteiger partial charge in [-0.25, -0.2) is 9.50 Å². The molecule has 2 aromatic rings. The molecule has 1 fully saturated rings. The molecule has 2 aliphatic heterocycles. The number of imidazole rings is 1. The maximum Gasteiger partial charge on any atom is 0.277 e. The van der Waals surface area contributed by atoms with Gasteiger partial charge < -0.3 is 15.6 Å². The number of hydrogen-bond acceptors (Lipinski definition) is 6. The van der Waals surface area contributed by atoms with E-state index in [0.29, 0.717) is 17.2 Å². The van der Waals surface area contributed by atoms with Crippen LogP contribution in [0.3, 0.4) is 0 Å². The summed E-state index contributed by atoms with van der Waals surface area (Å²) in [7, 11) is 0. The number of aromatic nitrogens is 3. The lowest BCUT2D eigenvalue weighted by atomic mass is 10.4. The van der Waals surface area contributed by atoms with E-state index < -0.39 is 0 Å². The second kappa shape index (κ2) is 5.64. The SMILES string of the molecule is O=C(NC1=CC=CNN1)c1cnc2ccc(N3CCCC3)nn12. The molecule has 4 rings (SSSR count). The Hall–Kier alpha value is -3.03. The summed E-state index contributed by atoms with van der Waals surface area (Å²) in [5.41, 5.74) is 6.72. The first-order chi connectivity index (χ1) is 11.3. The minimum absolute atomic E-state index is 0.264. The van der Waals surface area contributed by atoms with Gasteiger partial charge in [0.2, 0.25) is 0 Å². The molecule has 0 aromatic carbocycles. The van der Waals surface area contributed by atoms with Crippen molar-refractivity contribution >= 4 is 17.4 Å². The summed E-state index contributed by atoms with van der Waals surface area (Å²) in [4.78, 5) is 18.9. The predicted molar refractivity (Wildman–Crippen MR) is 85.4 cm³/mol. The van der Waals surface area contributed by atoms with Crippen molar-refractivity contribution in [1.82, 2.24) is 30.8 Å². The molecular weight excluding hydrogens is 294 g/mol. The Bertz CT molecular complexity index is 801. The molecule has 118 valence electrons. The normalized spacial score (nSPS) is 16.9. The third kappa shape index (κ3) is 2.59. The maximum absolute atomic E-state index is 12.5. The Balaban J connectivity index is 1.63. The van der Waals surface area contributed by atoms with Gasteiger partial charge in [-0.15, -0.1) is 5.10 Å². The topological polar surface area (TPSA) is 86.6 Å². The minimum Gasteiger partial charge on any atom is -0.355 e. The highest BCUT2D eigenvalue weighted by atomic mass is 16.2.